The van der Waals surface area contributed by atoms with E-state index in [0.717, 1.165) is 29.1 Å². The number of thiazole rings is 1. The Balaban J connectivity index is 1.67. The SMILES string of the molecule is NCc1nc(CC(=O)NC2(c3cccc(Cl)c3)CC2)cs1. The topological polar surface area (TPSA) is 68.0 Å². The molecule has 3 N–H and O–H groups in total. The summed E-state index contributed by atoms with van der Waals surface area (Å²) in [6, 6.07) is 7.68. The summed E-state index contributed by atoms with van der Waals surface area (Å²) in [7, 11) is 0. The van der Waals surface area contributed by atoms with Crippen LogP contribution in [-0.2, 0) is 23.3 Å². The first-order valence-electron chi connectivity index (χ1n) is 6.82. The maximum Gasteiger partial charge on any atom is 0.226 e. The average Bonchev–Trinajstić information content (AvgIpc) is 3.09. The van der Waals surface area contributed by atoms with E-state index in [1.807, 2.05) is 29.6 Å². The van der Waals surface area contributed by atoms with E-state index in [2.05, 4.69) is 10.3 Å². The molecule has 0 spiro atoms. The fourth-order valence-corrected chi connectivity index (χ4v) is 3.26. The number of amides is 1. The molecule has 1 fully saturated rings. The summed E-state index contributed by atoms with van der Waals surface area (Å²) in [5, 5.41) is 6.56. The first-order chi connectivity index (χ1) is 10.1. The highest BCUT2D eigenvalue weighted by atomic mass is 35.5. The maximum absolute atomic E-state index is 12.2. The van der Waals surface area contributed by atoms with Gasteiger partial charge in [0.1, 0.15) is 5.01 Å². The maximum atomic E-state index is 12.2. The van der Waals surface area contributed by atoms with Crippen LogP contribution in [0.1, 0.15) is 29.1 Å². The summed E-state index contributed by atoms with van der Waals surface area (Å²) in [5.74, 6) is -0.0126. The van der Waals surface area contributed by atoms with Gasteiger partial charge < -0.3 is 11.1 Å². The third-order valence-corrected chi connectivity index (χ3v) is 4.78. The molecule has 1 aliphatic carbocycles. The van der Waals surface area contributed by atoms with Crippen molar-refractivity contribution in [2.45, 2.75) is 31.3 Å². The minimum absolute atomic E-state index is 0.0126. The molecular formula is C15H16ClN3OS. The fraction of sp³-hybridized carbons (Fsp3) is 0.333. The Bertz CT molecular complexity index is 666. The van der Waals surface area contributed by atoms with E-state index in [0.29, 0.717) is 18.0 Å². The molecule has 1 heterocycles. The highest BCUT2D eigenvalue weighted by Crippen LogP contribution is 2.46. The Morgan fingerprint density at radius 2 is 2.29 bits per heavy atom. The van der Waals surface area contributed by atoms with Gasteiger partial charge in [-0.3, -0.25) is 4.79 Å². The van der Waals surface area contributed by atoms with Crippen molar-refractivity contribution >= 4 is 28.8 Å². The molecular weight excluding hydrogens is 306 g/mol. The summed E-state index contributed by atoms with van der Waals surface area (Å²) >= 11 is 7.52. The number of aromatic nitrogens is 1. The second-order valence-electron chi connectivity index (χ2n) is 5.25. The number of halogens is 1. The Hall–Kier alpha value is -1.43. The van der Waals surface area contributed by atoms with Crippen LogP contribution in [0.3, 0.4) is 0 Å². The normalized spacial score (nSPS) is 15.7. The summed E-state index contributed by atoms with van der Waals surface area (Å²) < 4.78 is 0. The lowest BCUT2D eigenvalue weighted by Gasteiger charge is -2.18. The quantitative estimate of drug-likeness (QED) is 0.889. The van der Waals surface area contributed by atoms with Gasteiger partial charge >= 0.3 is 0 Å². The minimum atomic E-state index is -0.241. The lowest BCUT2D eigenvalue weighted by Crippen LogP contribution is -2.35. The molecule has 110 valence electrons. The Labute approximate surface area is 132 Å². The van der Waals surface area contributed by atoms with Gasteiger partial charge in [-0.15, -0.1) is 11.3 Å². The van der Waals surface area contributed by atoms with Gasteiger partial charge in [-0.25, -0.2) is 4.98 Å². The van der Waals surface area contributed by atoms with Gasteiger partial charge in [0.2, 0.25) is 5.91 Å². The van der Waals surface area contributed by atoms with Crippen molar-refractivity contribution in [3.8, 4) is 0 Å². The molecule has 6 heteroatoms. The second-order valence-corrected chi connectivity index (χ2v) is 6.63. The lowest BCUT2D eigenvalue weighted by molar-refractivity contribution is -0.121. The van der Waals surface area contributed by atoms with Crippen molar-refractivity contribution in [3.63, 3.8) is 0 Å². The molecule has 2 aromatic rings. The molecule has 1 aliphatic rings. The van der Waals surface area contributed by atoms with Crippen LogP contribution in [0.5, 0.6) is 0 Å². The highest BCUT2D eigenvalue weighted by Gasteiger charge is 2.45. The van der Waals surface area contributed by atoms with Crippen LogP contribution >= 0.6 is 22.9 Å². The van der Waals surface area contributed by atoms with Gasteiger partial charge in [-0.1, -0.05) is 23.7 Å². The van der Waals surface area contributed by atoms with Gasteiger partial charge in [0.05, 0.1) is 17.7 Å². The van der Waals surface area contributed by atoms with Crippen LogP contribution in [0, 0.1) is 0 Å². The van der Waals surface area contributed by atoms with Gasteiger partial charge in [0, 0.05) is 16.9 Å². The number of nitrogens with one attached hydrogen (secondary N) is 1. The number of rotatable bonds is 5. The van der Waals surface area contributed by atoms with Crippen LogP contribution in [0.4, 0.5) is 0 Å². The van der Waals surface area contributed by atoms with Crippen molar-refractivity contribution in [3.05, 3.63) is 50.9 Å². The molecule has 0 radical (unpaired) electrons. The molecule has 21 heavy (non-hydrogen) atoms. The summed E-state index contributed by atoms with van der Waals surface area (Å²) in [6.07, 6.45) is 2.19. The van der Waals surface area contributed by atoms with Crippen molar-refractivity contribution in [1.82, 2.24) is 10.3 Å². The molecule has 0 saturated heterocycles. The molecule has 0 bridgehead atoms. The third-order valence-electron chi connectivity index (χ3n) is 3.62. The number of carbonyl (C=O) groups excluding carboxylic acids is 1. The van der Waals surface area contributed by atoms with Crippen molar-refractivity contribution in [2.75, 3.05) is 0 Å². The van der Waals surface area contributed by atoms with Crippen LogP contribution in [0.2, 0.25) is 5.02 Å². The fourth-order valence-electron chi connectivity index (χ4n) is 2.40. The van der Waals surface area contributed by atoms with Gasteiger partial charge in [-0.2, -0.15) is 0 Å². The molecule has 0 unspecified atom stereocenters. The summed E-state index contributed by atoms with van der Waals surface area (Å²) in [6.45, 7) is 0.415. The zero-order valence-corrected chi connectivity index (χ0v) is 13.0. The van der Waals surface area contributed by atoms with Crippen LogP contribution in [0.15, 0.2) is 29.6 Å². The number of nitrogens with zero attached hydrogens (tertiary/aromatic N) is 1. The molecule has 3 rings (SSSR count). The molecule has 1 aromatic carbocycles. The number of nitrogens with two attached hydrogens (primary N) is 1. The number of hydrogen-bond donors (Lipinski definition) is 2. The van der Waals surface area contributed by atoms with E-state index in [4.69, 9.17) is 17.3 Å². The first kappa shape index (κ1) is 14.5. The zero-order chi connectivity index (χ0) is 14.9. The Morgan fingerprint density at radius 3 is 2.90 bits per heavy atom. The summed E-state index contributed by atoms with van der Waals surface area (Å²) in [5.41, 5.74) is 7.14. The third kappa shape index (κ3) is 3.26. The van der Waals surface area contributed by atoms with Crippen LogP contribution < -0.4 is 11.1 Å². The van der Waals surface area contributed by atoms with Gasteiger partial charge in [-0.05, 0) is 30.5 Å². The Kier molecular flexibility index (Phi) is 3.97. The van der Waals surface area contributed by atoms with E-state index in [1.165, 1.54) is 11.3 Å². The number of benzene rings is 1. The molecule has 0 aliphatic heterocycles. The van der Waals surface area contributed by atoms with E-state index in [1.54, 1.807) is 0 Å². The van der Waals surface area contributed by atoms with E-state index in [9.17, 15) is 4.79 Å². The lowest BCUT2D eigenvalue weighted by atomic mass is 10.0. The van der Waals surface area contributed by atoms with Gasteiger partial charge in [0.15, 0.2) is 0 Å². The van der Waals surface area contributed by atoms with Gasteiger partial charge in [0.25, 0.3) is 0 Å². The number of carbonyl (C=O) groups is 1. The first-order valence-corrected chi connectivity index (χ1v) is 8.07. The minimum Gasteiger partial charge on any atom is -0.346 e. The smallest absolute Gasteiger partial charge is 0.226 e. The van der Waals surface area contributed by atoms with E-state index >= 15 is 0 Å². The monoisotopic (exact) mass is 321 g/mol. The van der Waals surface area contributed by atoms with Crippen LogP contribution in [-0.4, -0.2) is 10.9 Å². The predicted molar refractivity (Wildman–Crippen MR) is 84.2 cm³/mol. The Morgan fingerprint density at radius 1 is 1.48 bits per heavy atom. The van der Waals surface area contributed by atoms with Crippen LogP contribution in [0.25, 0.3) is 0 Å². The summed E-state index contributed by atoms with van der Waals surface area (Å²) in [4.78, 5) is 16.5. The largest absolute Gasteiger partial charge is 0.346 e. The molecule has 4 nitrogen and oxygen atoms in total. The second kappa shape index (κ2) is 5.75. The molecule has 1 aromatic heterocycles. The highest BCUT2D eigenvalue weighted by molar-refractivity contribution is 7.09. The molecule has 1 saturated carbocycles. The van der Waals surface area contributed by atoms with Crippen molar-refractivity contribution in [1.29, 1.82) is 0 Å². The van der Waals surface area contributed by atoms with E-state index in [-0.39, 0.29) is 11.4 Å². The predicted octanol–water partition coefficient (Wildman–Crippen LogP) is 2.60. The molecule has 1 amide bonds. The van der Waals surface area contributed by atoms with Crippen molar-refractivity contribution < 1.29 is 4.79 Å². The zero-order valence-electron chi connectivity index (χ0n) is 11.4. The van der Waals surface area contributed by atoms with E-state index < -0.39 is 0 Å². The average molecular weight is 322 g/mol. The molecule has 0 atom stereocenters. The number of hydrogen-bond acceptors (Lipinski definition) is 4. The standard InChI is InChI=1S/C15H16ClN3OS/c16-11-3-1-2-10(6-11)15(4-5-15)19-13(20)7-12-9-21-14(8-17)18-12/h1-3,6,9H,4-5,7-8,17H2,(H,19,20). The van der Waals surface area contributed by atoms with Crippen molar-refractivity contribution in [2.24, 2.45) is 5.73 Å².